The summed E-state index contributed by atoms with van der Waals surface area (Å²) in [5.41, 5.74) is 28.8. The highest BCUT2D eigenvalue weighted by molar-refractivity contribution is 5.88. The summed E-state index contributed by atoms with van der Waals surface area (Å²) in [6.07, 6.45) is 0. The van der Waals surface area contributed by atoms with Crippen LogP contribution in [0, 0.1) is 38.5 Å². The Morgan fingerprint density at radius 1 is 0.276 bits per heavy atom. The SMILES string of the molecule is Cc1ccccc1-c1ccc(N(c2ccc3c(c2)C(C)C(C)c2cc(N(c4ccc(-c5ccccc5C)c(C)c4)c4ccc5c(c4)C(C)(C)C(C)(C)C5(C)C)ccc2-3)c2ccc3c(c2)C(C)(C)C(C)(C)C3(C)C)cc1C. The molecule has 0 N–H and O–H groups in total. The molecule has 0 amide bonds. The van der Waals surface area contributed by atoms with Crippen LogP contribution in [0.25, 0.3) is 33.4 Å². The van der Waals surface area contributed by atoms with E-state index in [1.807, 2.05) is 0 Å². The van der Waals surface area contributed by atoms with Gasteiger partial charge in [0.2, 0.25) is 0 Å². The summed E-state index contributed by atoms with van der Waals surface area (Å²) in [6, 6.07) is 61.1. The first-order valence-electron chi connectivity index (χ1n) is 28.2. The third-order valence-corrected chi connectivity index (χ3v) is 21.9. The fourth-order valence-corrected chi connectivity index (χ4v) is 14.4. The van der Waals surface area contributed by atoms with Crippen LogP contribution in [-0.4, -0.2) is 0 Å². The number of hydrogen-bond donors (Lipinski definition) is 0. The van der Waals surface area contributed by atoms with Crippen LogP contribution in [0.5, 0.6) is 0 Å². The normalized spacial score (nSPS) is 19.6. The van der Waals surface area contributed by atoms with Gasteiger partial charge in [-0.2, -0.15) is 0 Å². The Balaban J connectivity index is 1.05. The average Bonchev–Trinajstić information content (AvgIpc) is 3.82. The van der Waals surface area contributed by atoms with Gasteiger partial charge in [-0.3, -0.25) is 0 Å². The number of benzene rings is 8. The predicted molar refractivity (Wildman–Crippen MR) is 328 cm³/mol. The van der Waals surface area contributed by atoms with Gasteiger partial charge in [0, 0.05) is 34.1 Å². The second-order valence-electron chi connectivity index (χ2n) is 26.6. The van der Waals surface area contributed by atoms with E-state index in [-0.39, 0.29) is 44.3 Å². The summed E-state index contributed by atoms with van der Waals surface area (Å²) in [5, 5.41) is 0. The van der Waals surface area contributed by atoms with Gasteiger partial charge in [-0.25, -0.2) is 0 Å². The van der Waals surface area contributed by atoms with E-state index in [1.165, 1.54) is 123 Å². The van der Waals surface area contributed by atoms with Crippen LogP contribution in [0.4, 0.5) is 34.1 Å². The summed E-state index contributed by atoms with van der Waals surface area (Å²) < 4.78 is 0. The average molecular weight is 999 g/mol. The van der Waals surface area contributed by atoms with E-state index in [1.54, 1.807) is 0 Å². The molecular weight excluding hydrogens is 917 g/mol. The van der Waals surface area contributed by atoms with Crippen LogP contribution in [-0.2, 0) is 21.7 Å². The van der Waals surface area contributed by atoms with Gasteiger partial charge in [0.25, 0.3) is 0 Å². The molecule has 0 fully saturated rings. The molecule has 2 unspecified atom stereocenters. The molecule has 0 heterocycles. The fourth-order valence-electron chi connectivity index (χ4n) is 14.4. The Bertz CT molecular complexity index is 3410. The molecule has 3 aliphatic rings. The summed E-state index contributed by atoms with van der Waals surface area (Å²) in [7, 11) is 0. The predicted octanol–water partition coefficient (Wildman–Crippen LogP) is 21.3. The molecule has 76 heavy (non-hydrogen) atoms. The molecule has 8 aromatic rings. The van der Waals surface area contributed by atoms with Gasteiger partial charge in [-0.15, -0.1) is 0 Å². The van der Waals surface area contributed by atoms with E-state index in [9.17, 15) is 0 Å². The monoisotopic (exact) mass is 999 g/mol. The molecule has 0 aromatic heterocycles. The van der Waals surface area contributed by atoms with Crippen molar-refractivity contribution < 1.29 is 0 Å². The minimum atomic E-state index is -0.0232. The van der Waals surface area contributed by atoms with Gasteiger partial charge in [0.15, 0.2) is 0 Å². The number of nitrogens with zero attached hydrogens (tertiary/aromatic N) is 2. The van der Waals surface area contributed by atoms with Crippen molar-refractivity contribution >= 4 is 34.1 Å². The summed E-state index contributed by atoms with van der Waals surface area (Å²) in [5.74, 6) is 0.555. The standard InChI is InChI=1S/C74H82N2/c1-45-23-19-21-25-57(45)59-33-27-51(39-47(59)3)75(55-31-37-65-67(43-55)71(11,12)73(15,16)69(65,7)8)53-29-35-61-62-36-30-54(42-64(62)50(6)49(5)63(61)41-53)76(52-28-34-60(48(4)40-52)58-26-22-20-24-46(58)2)56-32-38-66-68(44-56)72(13,14)74(17,18)70(66,9)10/h19-44,49-50H,1-18H3. The van der Waals surface area contributed by atoms with Gasteiger partial charge in [-0.1, -0.05) is 182 Å². The number of hydrogen-bond acceptors (Lipinski definition) is 2. The van der Waals surface area contributed by atoms with E-state index in [0.29, 0.717) is 0 Å². The first kappa shape index (κ1) is 51.5. The first-order chi connectivity index (χ1) is 35.7. The molecular formula is C74H82N2. The molecule has 2 atom stereocenters. The zero-order valence-corrected chi connectivity index (χ0v) is 49.1. The minimum absolute atomic E-state index is 0.0232. The van der Waals surface area contributed by atoms with Crippen LogP contribution in [0.3, 0.4) is 0 Å². The maximum absolute atomic E-state index is 2.53. The molecule has 8 aromatic carbocycles. The summed E-state index contributed by atoms with van der Waals surface area (Å²) in [4.78, 5) is 5.06. The molecule has 388 valence electrons. The largest absolute Gasteiger partial charge is 0.310 e. The molecule has 0 spiro atoms. The van der Waals surface area contributed by atoms with Crippen molar-refractivity contribution in [2.45, 2.75) is 158 Å². The van der Waals surface area contributed by atoms with E-state index < -0.39 is 0 Å². The molecule has 2 heteroatoms. The van der Waals surface area contributed by atoms with Crippen LogP contribution in [0.1, 0.15) is 164 Å². The van der Waals surface area contributed by atoms with Crippen molar-refractivity contribution in [1.82, 2.24) is 0 Å². The Morgan fingerprint density at radius 3 is 0.895 bits per heavy atom. The lowest BCUT2D eigenvalue weighted by atomic mass is 9.59. The van der Waals surface area contributed by atoms with Crippen LogP contribution in [0.15, 0.2) is 158 Å². The molecule has 0 saturated heterocycles. The Morgan fingerprint density at radius 2 is 0.553 bits per heavy atom. The van der Waals surface area contributed by atoms with E-state index in [0.717, 1.165) is 0 Å². The third-order valence-electron chi connectivity index (χ3n) is 21.9. The highest BCUT2D eigenvalue weighted by Crippen LogP contribution is 2.64. The zero-order chi connectivity index (χ0) is 54.4. The second-order valence-corrected chi connectivity index (χ2v) is 26.6. The molecule has 3 aliphatic carbocycles. The first-order valence-corrected chi connectivity index (χ1v) is 28.2. The highest BCUT2D eigenvalue weighted by Gasteiger charge is 2.58. The van der Waals surface area contributed by atoms with E-state index in [2.05, 4.69) is 292 Å². The maximum Gasteiger partial charge on any atom is 0.0464 e. The molecule has 0 bridgehead atoms. The summed E-state index contributed by atoms with van der Waals surface area (Å²) >= 11 is 0. The van der Waals surface area contributed by atoms with Gasteiger partial charge in [0.05, 0.1) is 0 Å². The zero-order valence-electron chi connectivity index (χ0n) is 49.1. The van der Waals surface area contributed by atoms with Crippen LogP contribution in [0.2, 0.25) is 0 Å². The number of rotatable bonds is 8. The lowest BCUT2D eigenvalue weighted by Crippen LogP contribution is -2.42. The minimum Gasteiger partial charge on any atom is -0.310 e. The van der Waals surface area contributed by atoms with Gasteiger partial charge in [0.1, 0.15) is 0 Å². The highest BCUT2D eigenvalue weighted by atomic mass is 15.1. The smallest absolute Gasteiger partial charge is 0.0464 e. The van der Waals surface area contributed by atoms with Crippen molar-refractivity contribution in [3.63, 3.8) is 0 Å². The van der Waals surface area contributed by atoms with Crippen molar-refractivity contribution in [3.8, 4) is 33.4 Å². The van der Waals surface area contributed by atoms with E-state index in [4.69, 9.17) is 0 Å². The molecule has 2 nitrogen and oxygen atoms in total. The van der Waals surface area contributed by atoms with Crippen molar-refractivity contribution in [2.24, 2.45) is 10.8 Å². The molecule has 11 rings (SSSR count). The fraction of sp³-hybridized carbons (Fsp3) is 0.351. The summed E-state index contributed by atoms with van der Waals surface area (Å²) in [6.45, 7) is 43.3. The topological polar surface area (TPSA) is 6.48 Å². The quantitative estimate of drug-likeness (QED) is 0.150. The Hall–Kier alpha value is -6.64. The number of aryl methyl sites for hydroxylation is 4. The van der Waals surface area contributed by atoms with Gasteiger partial charge >= 0.3 is 0 Å². The van der Waals surface area contributed by atoms with Gasteiger partial charge in [-0.05, 0) is 234 Å². The molecule has 0 saturated carbocycles. The van der Waals surface area contributed by atoms with Crippen LogP contribution >= 0.6 is 0 Å². The van der Waals surface area contributed by atoms with E-state index >= 15 is 0 Å². The maximum atomic E-state index is 2.53. The molecule has 0 radical (unpaired) electrons. The Kier molecular flexibility index (Phi) is 11.8. The number of fused-ring (bicyclic) bond motifs is 5. The Labute approximate surface area is 457 Å². The lowest BCUT2D eigenvalue weighted by Gasteiger charge is -2.44. The van der Waals surface area contributed by atoms with Crippen LogP contribution < -0.4 is 9.80 Å². The lowest BCUT2D eigenvalue weighted by molar-refractivity contribution is 0.125. The molecule has 0 aliphatic heterocycles. The third kappa shape index (κ3) is 7.32. The van der Waals surface area contributed by atoms with Crippen molar-refractivity contribution in [2.75, 3.05) is 9.80 Å². The number of anilines is 6. The van der Waals surface area contributed by atoms with Crippen molar-refractivity contribution in [3.05, 3.63) is 213 Å². The van der Waals surface area contributed by atoms with Crippen molar-refractivity contribution in [1.29, 1.82) is 0 Å². The van der Waals surface area contributed by atoms with Gasteiger partial charge < -0.3 is 9.80 Å². The second kappa shape index (κ2) is 17.4.